The summed E-state index contributed by atoms with van der Waals surface area (Å²) in [6.07, 6.45) is 1.51. The summed E-state index contributed by atoms with van der Waals surface area (Å²) in [4.78, 5) is 10.9. The molecule has 0 unspecified atom stereocenters. The van der Waals surface area contributed by atoms with Crippen LogP contribution in [0.1, 0.15) is 27.9 Å². The first-order valence-electron chi connectivity index (χ1n) is 6.62. The van der Waals surface area contributed by atoms with Crippen LogP contribution in [0.2, 0.25) is 0 Å². The van der Waals surface area contributed by atoms with Gasteiger partial charge in [-0.3, -0.25) is 5.43 Å². The highest BCUT2D eigenvalue weighted by Gasteiger charge is 2.20. The van der Waals surface area contributed by atoms with Crippen LogP contribution in [-0.2, 0) is 6.42 Å². The summed E-state index contributed by atoms with van der Waals surface area (Å²) in [6.45, 7) is 0. The third-order valence-electron chi connectivity index (χ3n) is 3.50. The minimum Gasteiger partial charge on any atom is -0.508 e. The molecule has 3 rings (SSSR count). The van der Waals surface area contributed by atoms with E-state index in [9.17, 15) is 9.90 Å². The quantitative estimate of drug-likeness (QED) is 0.756. The fraction of sp³-hybridized carbons (Fsp3) is 0.125. The topological polar surface area (TPSA) is 81.9 Å². The molecule has 5 nitrogen and oxygen atoms in total. The van der Waals surface area contributed by atoms with Gasteiger partial charge >= 0.3 is 5.97 Å². The van der Waals surface area contributed by atoms with E-state index in [2.05, 4.69) is 10.5 Å². The number of aromatic carboxylic acids is 1. The standard InChI is InChI=1S/C16H14N2O3/c19-15-6-2-5-12-13(15)7-8-14(12)18-17-11-4-1-3-10(9-11)16(20)21/h1-6,9,17,19H,7-8H2,(H,20,21). The van der Waals surface area contributed by atoms with E-state index in [-0.39, 0.29) is 5.56 Å². The lowest BCUT2D eigenvalue weighted by Crippen LogP contribution is -2.01. The number of hydrogen-bond acceptors (Lipinski definition) is 4. The molecule has 1 aliphatic carbocycles. The van der Waals surface area contributed by atoms with Gasteiger partial charge in [-0.15, -0.1) is 0 Å². The third-order valence-corrected chi connectivity index (χ3v) is 3.50. The Hall–Kier alpha value is -2.82. The van der Waals surface area contributed by atoms with Crippen molar-refractivity contribution in [1.29, 1.82) is 0 Å². The highest BCUT2D eigenvalue weighted by molar-refractivity contribution is 6.05. The van der Waals surface area contributed by atoms with Crippen LogP contribution in [0, 0.1) is 0 Å². The summed E-state index contributed by atoms with van der Waals surface area (Å²) in [6, 6.07) is 11.9. The number of nitrogens with zero attached hydrogens (tertiary/aromatic N) is 1. The van der Waals surface area contributed by atoms with Crippen molar-refractivity contribution >= 4 is 17.4 Å². The first-order valence-corrected chi connectivity index (χ1v) is 6.62. The van der Waals surface area contributed by atoms with Gasteiger partial charge in [0.05, 0.1) is 17.0 Å². The van der Waals surface area contributed by atoms with E-state index in [1.807, 2.05) is 6.07 Å². The average molecular weight is 282 g/mol. The summed E-state index contributed by atoms with van der Waals surface area (Å²) in [5.41, 5.74) is 6.44. The summed E-state index contributed by atoms with van der Waals surface area (Å²) >= 11 is 0. The molecule has 21 heavy (non-hydrogen) atoms. The Balaban J connectivity index is 1.84. The van der Waals surface area contributed by atoms with Crippen molar-refractivity contribution in [3.63, 3.8) is 0 Å². The Bertz CT molecular complexity index is 738. The number of phenols is 1. The number of carboxylic acid groups (broad SMARTS) is 1. The predicted octanol–water partition coefficient (Wildman–Crippen LogP) is 2.85. The minimum absolute atomic E-state index is 0.213. The van der Waals surface area contributed by atoms with E-state index in [1.54, 1.807) is 24.3 Å². The summed E-state index contributed by atoms with van der Waals surface area (Å²) in [7, 11) is 0. The predicted molar refractivity (Wildman–Crippen MR) is 80.0 cm³/mol. The SMILES string of the molecule is O=C(O)c1cccc(NN=C2CCc3c(O)cccc32)c1. The second kappa shape index (κ2) is 5.28. The maximum absolute atomic E-state index is 10.9. The lowest BCUT2D eigenvalue weighted by molar-refractivity contribution is 0.0697. The molecule has 106 valence electrons. The van der Waals surface area contributed by atoms with Gasteiger partial charge in [-0.2, -0.15) is 5.10 Å². The Morgan fingerprint density at radius 1 is 1.14 bits per heavy atom. The molecule has 0 atom stereocenters. The van der Waals surface area contributed by atoms with Crippen LogP contribution in [-0.4, -0.2) is 21.9 Å². The van der Waals surface area contributed by atoms with Gasteiger partial charge in [0.1, 0.15) is 5.75 Å². The highest BCUT2D eigenvalue weighted by Crippen LogP contribution is 2.30. The first kappa shape index (κ1) is 13.2. The number of carboxylic acids is 1. The number of nitrogens with one attached hydrogen (secondary N) is 1. The van der Waals surface area contributed by atoms with Gasteiger partial charge in [-0.1, -0.05) is 18.2 Å². The Labute approximate surface area is 121 Å². The van der Waals surface area contributed by atoms with Crippen molar-refractivity contribution in [2.45, 2.75) is 12.8 Å². The largest absolute Gasteiger partial charge is 0.508 e. The molecule has 0 saturated heterocycles. The lowest BCUT2D eigenvalue weighted by atomic mass is 10.1. The molecule has 2 aromatic rings. The number of fused-ring (bicyclic) bond motifs is 1. The monoisotopic (exact) mass is 282 g/mol. The number of benzene rings is 2. The number of hydrazone groups is 1. The molecule has 0 aromatic heterocycles. The van der Waals surface area contributed by atoms with Crippen LogP contribution in [0.4, 0.5) is 5.69 Å². The number of carbonyl (C=O) groups is 1. The van der Waals surface area contributed by atoms with Gasteiger partial charge in [0, 0.05) is 11.1 Å². The van der Waals surface area contributed by atoms with Crippen LogP contribution >= 0.6 is 0 Å². The van der Waals surface area contributed by atoms with Crippen LogP contribution in [0.25, 0.3) is 0 Å². The zero-order valence-corrected chi connectivity index (χ0v) is 11.2. The molecule has 0 heterocycles. The second-order valence-corrected chi connectivity index (χ2v) is 4.86. The maximum Gasteiger partial charge on any atom is 0.335 e. The van der Waals surface area contributed by atoms with E-state index in [1.165, 1.54) is 12.1 Å². The van der Waals surface area contributed by atoms with Crippen LogP contribution in [0.15, 0.2) is 47.6 Å². The molecule has 0 fully saturated rings. The Kier molecular flexibility index (Phi) is 3.31. The van der Waals surface area contributed by atoms with E-state index in [4.69, 9.17) is 5.11 Å². The average Bonchev–Trinajstić information content (AvgIpc) is 2.90. The minimum atomic E-state index is -0.970. The molecule has 3 N–H and O–H groups in total. The van der Waals surface area contributed by atoms with E-state index in [0.29, 0.717) is 11.4 Å². The van der Waals surface area contributed by atoms with Gasteiger partial charge < -0.3 is 10.2 Å². The van der Waals surface area contributed by atoms with Gasteiger partial charge in [0.15, 0.2) is 0 Å². The molecular weight excluding hydrogens is 268 g/mol. The van der Waals surface area contributed by atoms with Crippen molar-refractivity contribution < 1.29 is 15.0 Å². The number of anilines is 1. The number of rotatable bonds is 3. The van der Waals surface area contributed by atoms with Crippen molar-refractivity contribution in [2.75, 3.05) is 5.43 Å². The Morgan fingerprint density at radius 3 is 2.76 bits per heavy atom. The fourth-order valence-corrected chi connectivity index (χ4v) is 2.46. The zero-order chi connectivity index (χ0) is 14.8. The number of aromatic hydroxyl groups is 1. The number of hydrogen-bond donors (Lipinski definition) is 3. The smallest absolute Gasteiger partial charge is 0.335 e. The first-order chi connectivity index (χ1) is 10.1. The summed E-state index contributed by atoms with van der Waals surface area (Å²) < 4.78 is 0. The van der Waals surface area contributed by atoms with E-state index in [0.717, 1.165) is 29.7 Å². The maximum atomic E-state index is 10.9. The van der Waals surface area contributed by atoms with Gasteiger partial charge in [0.25, 0.3) is 0 Å². The molecule has 0 saturated carbocycles. The molecule has 2 aromatic carbocycles. The van der Waals surface area contributed by atoms with Crippen molar-refractivity contribution in [2.24, 2.45) is 5.10 Å². The molecule has 0 radical (unpaired) electrons. The molecule has 0 bridgehead atoms. The van der Waals surface area contributed by atoms with Gasteiger partial charge in [-0.25, -0.2) is 4.79 Å². The van der Waals surface area contributed by atoms with Crippen LogP contribution in [0.3, 0.4) is 0 Å². The van der Waals surface area contributed by atoms with E-state index < -0.39 is 5.97 Å². The fourth-order valence-electron chi connectivity index (χ4n) is 2.46. The molecule has 0 aliphatic heterocycles. The van der Waals surface area contributed by atoms with E-state index >= 15 is 0 Å². The van der Waals surface area contributed by atoms with Crippen molar-refractivity contribution in [3.8, 4) is 5.75 Å². The molecule has 0 spiro atoms. The molecule has 1 aliphatic rings. The molecule has 5 heteroatoms. The Morgan fingerprint density at radius 2 is 1.95 bits per heavy atom. The van der Waals surface area contributed by atoms with Crippen molar-refractivity contribution in [1.82, 2.24) is 0 Å². The number of phenolic OH excluding ortho intramolecular Hbond substituents is 1. The normalized spacial score (nSPS) is 15.0. The molecule has 0 amide bonds. The molecular formula is C16H14N2O3. The zero-order valence-electron chi connectivity index (χ0n) is 11.2. The van der Waals surface area contributed by atoms with Crippen molar-refractivity contribution in [3.05, 3.63) is 59.2 Å². The van der Waals surface area contributed by atoms with Crippen LogP contribution in [0.5, 0.6) is 5.75 Å². The summed E-state index contributed by atoms with van der Waals surface area (Å²) in [5, 5.41) is 23.1. The van der Waals surface area contributed by atoms with Gasteiger partial charge in [-0.05, 0) is 37.1 Å². The summed E-state index contributed by atoms with van der Waals surface area (Å²) in [5.74, 6) is -0.673. The lowest BCUT2D eigenvalue weighted by Gasteiger charge is -2.05. The van der Waals surface area contributed by atoms with Gasteiger partial charge in [0.2, 0.25) is 0 Å². The third kappa shape index (κ3) is 2.58. The highest BCUT2D eigenvalue weighted by atomic mass is 16.4. The van der Waals surface area contributed by atoms with Crippen LogP contribution < -0.4 is 5.43 Å². The second-order valence-electron chi connectivity index (χ2n) is 4.86.